The number of anilines is 1. The van der Waals surface area contributed by atoms with E-state index in [1.54, 1.807) is 25.2 Å². The number of nitrogens with one attached hydrogen (secondary N) is 1. The molecule has 0 fully saturated rings. The molecule has 0 aliphatic heterocycles. The Balaban J connectivity index is 2.03. The second-order valence-corrected chi connectivity index (χ2v) is 5.40. The van der Waals surface area contributed by atoms with Gasteiger partial charge in [-0.2, -0.15) is 0 Å². The summed E-state index contributed by atoms with van der Waals surface area (Å²) in [4.78, 5) is 25.8. The fourth-order valence-electron chi connectivity index (χ4n) is 2.31. The van der Waals surface area contributed by atoms with Crippen molar-refractivity contribution < 1.29 is 19.1 Å². The first kappa shape index (κ1) is 18.3. The van der Waals surface area contributed by atoms with Crippen LogP contribution in [0, 0.1) is 0 Å². The molecule has 25 heavy (non-hydrogen) atoms. The monoisotopic (exact) mass is 342 g/mol. The van der Waals surface area contributed by atoms with Gasteiger partial charge in [0.15, 0.2) is 11.5 Å². The minimum absolute atomic E-state index is 0.361. The third-order valence-electron chi connectivity index (χ3n) is 3.52. The van der Waals surface area contributed by atoms with Crippen LogP contribution < -0.4 is 14.8 Å². The number of carbonyl (C=O) groups excluding carboxylic acids is 2. The van der Waals surface area contributed by atoms with E-state index in [0.29, 0.717) is 30.3 Å². The molecule has 0 aliphatic rings. The molecular formula is C19H22N2O4. The van der Waals surface area contributed by atoms with Crippen LogP contribution in [0.15, 0.2) is 48.5 Å². The number of rotatable bonds is 6. The summed E-state index contributed by atoms with van der Waals surface area (Å²) < 4.78 is 10.7. The SMILES string of the molecule is CCOc1cc(NC(=O)C(=O)N(C)Cc2ccccc2)ccc1OC. The molecule has 0 saturated heterocycles. The molecule has 2 aromatic carbocycles. The molecule has 2 rings (SSSR count). The van der Waals surface area contributed by atoms with Gasteiger partial charge in [0.1, 0.15) is 0 Å². The maximum Gasteiger partial charge on any atom is 0.313 e. The van der Waals surface area contributed by atoms with Crippen molar-refractivity contribution in [2.75, 3.05) is 26.1 Å². The minimum atomic E-state index is -0.703. The van der Waals surface area contributed by atoms with Crippen molar-refractivity contribution in [3.05, 3.63) is 54.1 Å². The lowest BCUT2D eigenvalue weighted by Crippen LogP contribution is -2.36. The Morgan fingerprint density at radius 3 is 2.44 bits per heavy atom. The smallest absolute Gasteiger partial charge is 0.313 e. The van der Waals surface area contributed by atoms with E-state index >= 15 is 0 Å². The van der Waals surface area contributed by atoms with Gasteiger partial charge in [0.05, 0.1) is 13.7 Å². The summed E-state index contributed by atoms with van der Waals surface area (Å²) >= 11 is 0. The summed E-state index contributed by atoms with van der Waals surface area (Å²) in [7, 11) is 3.13. The van der Waals surface area contributed by atoms with Crippen LogP contribution >= 0.6 is 0 Å². The van der Waals surface area contributed by atoms with Crippen molar-refractivity contribution in [3.63, 3.8) is 0 Å². The van der Waals surface area contributed by atoms with Crippen molar-refractivity contribution in [1.82, 2.24) is 4.90 Å². The van der Waals surface area contributed by atoms with Crippen LogP contribution in [0.4, 0.5) is 5.69 Å². The molecule has 132 valence electrons. The lowest BCUT2D eigenvalue weighted by Gasteiger charge is -2.17. The molecule has 0 radical (unpaired) electrons. The van der Waals surface area contributed by atoms with E-state index in [9.17, 15) is 9.59 Å². The summed E-state index contributed by atoms with van der Waals surface area (Å²) in [5, 5.41) is 2.59. The third kappa shape index (κ3) is 4.97. The molecule has 0 bridgehead atoms. The zero-order chi connectivity index (χ0) is 18.2. The van der Waals surface area contributed by atoms with Crippen molar-refractivity contribution in [1.29, 1.82) is 0 Å². The topological polar surface area (TPSA) is 67.9 Å². The van der Waals surface area contributed by atoms with Crippen LogP contribution in [0.5, 0.6) is 11.5 Å². The zero-order valence-corrected chi connectivity index (χ0v) is 14.6. The second-order valence-electron chi connectivity index (χ2n) is 5.40. The predicted molar refractivity (Wildman–Crippen MR) is 95.7 cm³/mol. The molecule has 2 aromatic rings. The Morgan fingerprint density at radius 2 is 1.80 bits per heavy atom. The summed E-state index contributed by atoms with van der Waals surface area (Å²) in [6, 6.07) is 14.4. The molecular weight excluding hydrogens is 320 g/mol. The Morgan fingerprint density at radius 1 is 1.08 bits per heavy atom. The number of nitrogens with zero attached hydrogens (tertiary/aromatic N) is 1. The van der Waals surface area contributed by atoms with Gasteiger partial charge in [0, 0.05) is 25.3 Å². The van der Waals surface area contributed by atoms with Gasteiger partial charge in [0.2, 0.25) is 0 Å². The highest BCUT2D eigenvalue weighted by molar-refractivity contribution is 6.39. The van der Waals surface area contributed by atoms with E-state index in [-0.39, 0.29) is 0 Å². The van der Waals surface area contributed by atoms with Gasteiger partial charge >= 0.3 is 11.8 Å². The van der Waals surface area contributed by atoms with Crippen LogP contribution in [-0.4, -0.2) is 37.5 Å². The van der Waals surface area contributed by atoms with Crippen LogP contribution in [0.2, 0.25) is 0 Å². The van der Waals surface area contributed by atoms with Gasteiger partial charge in [-0.05, 0) is 24.6 Å². The van der Waals surface area contributed by atoms with E-state index < -0.39 is 11.8 Å². The number of methoxy groups -OCH3 is 1. The molecule has 0 saturated carbocycles. The third-order valence-corrected chi connectivity index (χ3v) is 3.52. The average Bonchev–Trinajstić information content (AvgIpc) is 2.62. The first-order valence-corrected chi connectivity index (χ1v) is 7.96. The summed E-state index contributed by atoms with van der Waals surface area (Å²) in [6.45, 7) is 2.68. The van der Waals surface area contributed by atoms with E-state index in [2.05, 4.69) is 5.32 Å². The van der Waals surface area contributed by atoms with Crippen LogP contribution in [0.25, 0.3) is 0 Å². The molecule has 1 N–H and O–H groups in total. The molecule has 6 heteroatoms. The number of ether oxygens (including phenoxy) is 2. The fraction of sp³-hybridized carbons (Fsp3) is 0.263. The fourth-order valence-corrected chi connectivity index (χ4v) is 2.31. The van der Waals surface area contributed by atoms with Gasteiger partial charge in [-0.25, -0.2) is 0 Å². The molecule has 0 aromatic heterocycles. The van der Waals surface area contributed by atoms with Crippen molar-refractivity contribution in [2.24, 2.45) is 0 Å². The lowest BCUT2D eigenvalue weighted by atomic mass is 10.2. The number of amides is 2. The Bertz CT molecular complexity index is 731. The molecule has 0 spiro atoms. The molecule has 6 nitrogen and oxygen atoms in total. The van der Waals surface area contributed by atoms with Gasteiger partial charge in [-0.3, -0.25) is 9.59 Å². The van der Waals surface area contributed by atoms with E-state index in [0.717, 1.165) is 5.56 Å². The number of likely N-dealkylation sites (N-methyl/N-ethyl adjacent to an activating group) is 1. The quantitative estimate of drug-likeness (QED) is 0.820. The Hall–Kier alpha value is -3.02. The average molecular weight is 342 g/mol. The summed E-state index contributed by atoms with van der Waals surface area (Å²) in [6.07, 6.45) is 0. The van der Waals surface area contributed by atoms with E-state index in [1.165, 1.54) is 12.0 Å². The normalized spacial score (nSPS) is 10.0. The van der Waals surface area contributed by atoms with Crippen molar-refractivity contribution in [2.45, 2.75) is 13.5 Å². The summed E-state index contributed by atoms with van der Waals surface area (Å²) in [5.41, 5.74) is 1.42. The molecule has 0 heterocycles. The highest BCUT2D eigenvalue weighted by Crippen LogP contribution is 2.30. The highest BCUT2D eigenvalue weighted by Gasteiger charge is 2.19. The van der Waals surface area contributed by atoms with Gasteiger partial charge < -0.3 is 19.7 Å². The van der Waals surface area contributed by atoms with E-state index in [1.807, 2.05) is 37.3 Å². The standard InChI is InChI=1S/C19H22N2O4/c1-4-25-17-12-15(10-11-16(17)24-3)20-18(22)19(23)21(2)13-14-8-6-5-7-9-14/h5-12H,4,13H2,1-3H3,(H,20,22). The maximum absolute atomic E-state index is 12.2. The predicted octanol–water partition coefficient (Wildman–Crippen LogP) is 2.69. The summed E-state index contributed by atoms with van der Waals surface area (Å²) in [5.74, 6) is -0.246. The molecule has 0 unspecified atom stereocenters. The van der Waals surface area contributed by atoms with Crippen molar-refractivity contribution in [3.8, 4) is 11.5 Å². The van der Waals surface area contributed by atoms with Crippen LogP contribution in [-0.2, 0) is 16.1 Å². The first-order valence-electron chi connectivity index (χ1n) is 7.96. The van der Waals surface area contributed by atoms with Gasteiger partial charge in [0.25, 0.3) is 0 Å². The highest BCUT2D eigenvalue weighted by atomic mass is 16.5. The number of benzene rings is 2. The Labute approximate surface area is 147 Å². The Kier molecular flexibility index (Phi) is 6.39. The van der Waals surface area contributed by atoms with Gasteiger partial charge in [-0.1, -0.05) is 30.3 Å². The first-order chi connectivity index (χ1) is 12.0. The molecule has 0 atom stereocenters. The number of hydrogen-bond donors (Lipinski definition) is 1. The van der Waals surface area contributed by atoms with Crippen molar-refractivity contribution >= 4 is 17.5 Å². The van der Waals surface area contributed by atoms with Gasteiger partial charge in [-0.15, -0.1) is 0 Å². The molecule has 2 amide bonds. The van der Waals surface area contributed by atoms with Crippen LogP contribution in [0.1, 0.15) is 12.5 Å². The molecule has 0 aliphatic carbocycles. The minimum Gasteiger partial charge on any atom is -0.493 e. The second kappa shape index (κ2) is 8.73. The lowest BCUT2D eigenvalue weighted by molar-refractivity contribution is -0.142. The largest absolute Gasteiger partial charge is 0.493 e. The van der Waals surface area contributed by atoms with E-state index in [4.69, 9.17) is 9.47 Å². The van der Waals surface area contributed by atoms with Crippen LogP contribution in [0.3, 0.4) is 0 Å². The zero-order valence-electron chi connectivity index (χ0n) is 14.6. The number of hydrogen-bond acceptors (Lipinski definition) is 4. The number of carbonyl (C=O) groups is 2. The maximum atomic E-state index is 12.2.